The first kappa shape index (κ1) is 26.8. The van der Waals surface area contributed by atoms with Gasteiger partial charge in [0.05, 0.1) is 11.4 Å². The summed E-state index contributed by atoms with van der Waals surface area (Å²) in [5.41, 5.74) is 14.1. The van der Waals surface area contributed by atoms with Crippen molar-refractivity contribution in [3.63, 3.8) is 0 Å². The van der Waals surface area contributed by atoms with Crippen LogP contribution in [0.15, 0.2) is 70.7 Å². The summed E-state index contributed by atoms with van der Waals surface area (Å²) in [6, 6.07) is 5.43. The Balaban J connectivity index is 2.40. The Bertz CT molecular complexity index is 941. The summed E-state index contributed by atoms with van der Waals surface area (Å²) in [7, 11) is 0. The summed E-state index contributed by atoms with van der Waals surface area (Å²) in [6.07, 6.45) is 6.86. The maximum atomic E-state index is 13.2. The Hall–Kier alpha value is -2.48. The molecular weight excluding hydrogens is 434 g/mol. The standard InChI is InChI=1S/C26H37N3O3S/c1-7-8-21(15-18(2)25(28)30)33(31)22-9-10-24(23(27)16-22)29(19(3)26(4,5)6)17-20-11-13-32-14-12-20/h7-10,15-16,20H,2-3,11-14,17,27H2,1,4-6H3,(H2,28,30)/b8-7-,21-15+. The van der Waals surface area contributed by atoms with E-state index in [0.29, 0.717) is 21.4 Å². The number of primary amides is 1. The van der Waals surface area contributed by atoms with Gasteiger partial charge >= 0.3 is 0 Å². The van der Waals surface area contributed by atoms with Gasteiger partial charge < -0.3 is 25.7 Å². The van der Waals surface area contributed by atoms with E-state index in [9.17, 15) is 9.35 Å². The van der Waals surface area contributed by atoms with E-state index >= 15 is 0 Å². The molecule has 2 rings (SSSR count). The SMILES string of the molecule is C=C(/C=C(\C=C/C)[S+]([O-])c1ccc(N(CC2CCOCC2)C(=C)C(C)(C)C)c(N)c1)C(N)=O. The lowest BCUT2D eigenvalue weighted by Gasteiger charge is -2.38. The predicted molar refractivity (Wildman–Crippen MR) is 138 cm³/mol. The summed E-state index contributed by atoms with van der Waals surface area (Å²) >= 11 is -1.56. The minimum Gasteiger partial charge on any atom is -0.606 e. The van der Waals surface area contributed by atoms with Crippen LogP contribution in [0.2, 0.25) is 0 Å². The largest absolute Gasteiger partial charge is 0.606 e. The minimum absolute atomic E-state index is 0.0881. The zero-order valence-electron chi connectivity index (χ0n) is 20.2. The molecule has 0 saturated carbocycles. The smallest absolute Gasteiger partial charge is 0.248 e. The lowest BCUT2D eigenvalue weighted by molar-refractivity contribution is -0.114. The Kier molecular flexibility index (Phi) is 9.40. The molecule has 0 spiro atoms. The number of anilines is 2. The molecule has 1 aromatic rings. The van der Waals surface area contributed by atoms with E-state index in [4.69, 9.17) is 16.2 Å². The van der Waals surface area contributed by atoms with Gasteiger partial charge in [-0.15, -0.1) is 0 Å². The topological polar surface area (TPSA) is 105 Å². The third-order valence-corrected chi connectivity index (χ3v) is 7.02. The van der Waals surface area contributed by atoms with Crippen molar-refractivity contribution in [2.75, 3.05) is 30.4 Å². The van der Waals surface area contributed by atoms with Crippen LogP contribution in [0.5, 0.6) is 0 Å². The van der Waals surface area contributed by atoms with Crippen molar-refractivity contribution in [1.29, 1.82) is 0 Å². The first-order chi connectivity index (χ1) is 15.5. The highest BCUT2D eigenvalue weighted by atomic mass is 32.2. The first-order valence-electron chi connectivity index (χ1n) is 11.1. The zero-order chi connectivity index (χ0) is 24.8. The minimum atomic E-state index is -1.56. The third-order valence-electron chi connectivity index (χ3n) is 5.66. The summed E-state index contributed by atoms with van der Waals surface area (Å²) in [4.78, 5) is 14.5. The van der Waals surface area contributed by atoms with Crippen LogP contribution in [0.1, 0.15) is 40.5 Å². The van der Waals surface area contributed by atoms with Crippen LogP contribution in [0.25, 0.3) is 0 Å². The Morgan fingerprint density at radius 2 is 1.94 bits per heavy atom. The van der Waals surface area contributed by atoms with E-state index in [1.807, 2.05) is 13.0 Å². The summed E-state index contributed by atoms with van der Waals surface area (Å²) in [5.74, 6) is -0.177. The van der Waals surface area contributed by atoms with Crippen molar-refractivity contribution in [1.82, 2.24) is 0 Å². The van der Waals surface area contributed by atoms with Crippen LogP contribution in [-0.2, 0) is 20.7 Å². The molecule has 0 aromatic heterocycles. The molecule has 33 heavy (non-hydrogen) atoms. The molecule has 6 nitrogen and oxygen atoms in total. The van der Waals surface area contributed by atoms with Gasteiger partial charge in [0, 0.05) is 59.8 Å². The van der Waals surface area contributed by atoms with Gasteiger partial charge in [0.1, 0.15) is 0 Å². The van der Waals surface area contributed by atoms with Crippen molar-refractivity contribution in [3.8, 4) is 0 Å². The number of hydrogen-bond donors (Lipinski definition) is 2. The summed E-state index contributed by atoms with van der Waals surface area (Å²) in [5, 5.41) is 0. The van der Waals surface area contributed by atoms with E-state index in [-0.39, 0.29) is 11.0 Å². The number of ether oxygens (including phenoxy) is 1. The lowest BCUT2D eigenvalue weighted by Crippen LogP contribution is -2.36. The van der Waals surface area contributed by atoms with E-state index in [0.717, 1.165) is 44.0 Å². The van der Waals surface area contributed by atoms with Crippen molar-refractivity contribution in [2.45, 2.75) is 45.4 Å². The van der Waals surface area contributed by atoms with Gasteiger partial charge in [-0.2, -0.15) is 0 Å². The fourth-order valence-electron chi connectivity index (χ4n) is 3.55. The zero-order valence-corrected chi connectivity index (χ0v) is 21.0. The molecule has 0 radical (unpaired) electrons. The van der Waals surface area contributed by atoms with Gasteiger partial charge in [-0.25, -0.2) is 0 Å². The summed E-state index contributed by atoms with van der Waals surface area (Å²) in [6.45, 7) is 18.5. The molecule has 1 saturated heterocycles. The molecule has 0 bridgehead atoms. The molecule has 0 aliphatic carbocycles. The second-order valence-corrected chi connectivity index (χ2v) is 10.8. The van der Waals surface area contributed by atoms with E-state index in [1.54, 1.807) is 24.3 Å². The van der Waals surface area contributed by atoms with Gasteiger partial charge in [0.25, 0.3) is 0 Å². The molecule has 180 valence electrons. The Labute approximate surface area is 201 Å². The Morgan fingerprint density at radius 3 is 2.45 bits per heavy atom. The predicted octanol–water partition coefficient (Wildman–Crippen LogP) is 4.67. The maximum absolute atomic E-state index is 13.2. The van der Waals surface area contributed by atoms with Crippen molar-refractivity contribution in [2.24, 2.45) is 17.1 Å². The number of hydrogen-bond acceptors (Lipinski definition) is 5. The molecule has 1 amide bonds. The summed E-state index contributed by atoms with van der Waals surface area (Å²) < 4.78 is 18.8. The second kappa shape index (κ2) is 11.6. The van der Waals surface area contributed by atoms with E-state index in [1.165, 1.54) is 6.08 Å². The van der Waals surface area contributed by atoms with Crippen LogP contribution in [-0.4, -0.2) is 30.2 Å². The molecule has 1 aromatic carbocycles. The fourth-order valence-corrected chi connectivity index (χ4v) is 4.75. The van der Waals surface area contributed by atoms with Gasteiger partial charge in [0.15, 0.2) is 9.80 Å². The molecule has 1 aliphatic rings. The van der Waals surface area contributed by atoms with E-state index in [2.05, 4.69) is 38.8 Å². The molecule has 1 heterocycles. The first-order valence-corrected chi connectivity index (χ1v) is 12.3. The van der Waals surface area contributed by atoms with Crippen molar-refractivity contribution >= 4 is 28.5 Å². The van der Waals surface area contributed by atoms with Crippen molar-refractivity contribution < 1.29 is 14.1 Å². The second-order valence-electron chi connectivity index (χ2n) is 9.29. The van der Waals surface area contributed by atoms with Crippen LogP contribution in [0, 0.1) is 11.3 Å². The number of nitrogens with zero attached hydrogens (tertiary/aromatic N) is 1. The van der Waals surface area contributed by atoms with Crippen LogP contribution < -0.4 is 16.4 Å². The number of carbonyl (C=O) groups is 1. The highest BCUT2D eigenvalue weighted by molar-refractivity contribution is 7.95. The molecule has 4 N–H and O–H groups in total. The van der Waals surface area contributed by atoms with E-state index < -0.39 is 17.1 Å². The number of nitrogens with two attached hydrogens (primary N) is 2. The fraction of sp³-hybridized carbons (Fsp3) is 0.423. The van der Waals surface area contributed by atoms with Crippen LogP contribution in [0.3, 0.4) is 0 Å². The lowest BCUT2D eigenvalue weighted by atomic mass is 9.90. The molecule has 1 unspecified atom stereocenters. The number of carbonyl (C=O) groups excluding carboxylic acids is 1. The quantitative estimate of drug-likeness (QED) is 0.236. The monoisotopic (exact) mass is 471 g/mol. The van der Waals surface area contributed by atoms with Gasteiger partial charge in [-0.1, -0.05) is 40.0 Å². The molecule has 1 atom stereocenters. The highest BCUT2D eigenvalue weighted by Crippen LogP contribution is 2.37. The maximum Gasteiger partial charge on any atom is 0.248 e. The van der Waals surface area contributed by atoms with Gasteiger partial charge in [-0.3, -0.25) is 4.79 Å². The number of nitrogen functional groups attached to an aromatic ring is 1. The Morgan fingerprint density at radius 1 is 1.30 bits per heavy atom. The van der Waals surface area contributed by atoms with Crippen LogP contribution >= 0.6 is 0 Å². The molecular formula is C26H37N3O3S. The number of benzene rings is 1. The molecule has 7 heteroatoms. The molecule has 1 aliphatic heterocycles. The molecule has 1 fully saturated rings. The average molecular weight is 472 g/mol. The normalized spacial score (nSPS) is 16.6. The van der Waals surface area contributed by atoms with Gasteiger partial charge in [-0.05, 0) is 43.9 Å². The van der Waals surface area contributed by atoms with Gasteiger partial charge in [0.2, 0.25) is 5.91 Å². The number of amides is 1. The van der Waals surface area contributed by atoms with Crippen molar-refractivity contribution in [3.05, 3.63) is 65.8 Å². The van der Waals surface area contributed by atoms with Crippen LogP contribution in [0.4, 0.5) is 11.4 Å². The number of rotatable bonds is 9. The average Bonchev–Trinajstić information content (AvgIpc) is 2.76. The highest BCUT2D eigenvalue weighted by Gasteiger charge is 2.28. The third kappa shape index (κ3) is 7.25. The number of allylic oxidation sites excluding steroid dienone is 3.